The molecule has 2 N–H and O–H groups in total. The summed E-state index contributed by atoms with van der Waals surface area (Å²) in [6, 6.07) is 5.25. The number of sulfonamides is 1. The summed E-state index contributed by atoms with van der Waals surface area (Å²) in [5, 5.41) is 0. The van der Waals surface area contributed by atoms with Gasteiger partial charge in [0.1, 0.15) is 0 Å². The number of carbonyl (C=O) groups is 2. The number of benzene rings is 1. The highest BCUT2D eigenvalue weighted by Gasteiger charge is 2.17. The second kappa shape index (κ2) is 11.2. The zero-order valence-electron chi connectivity index (χ0n) is 15.0. The minimum atomic E-state index is -3.92. The quantitative estimate of drug-likeness (QED) is 0.458. The summed E-state index contributed by atoms with van der Waals surface area (Å²) in [5.74, 6) is -0.955. The van der Waals surface area contributed by atoms with E-state index in [0.717, 1.165) is 13.1 Å². The number of esters is 1. The van der Waals surface area contributed by atoms with E-state index >= 15 is 0 Å². The molecule has 0 aromatic heterocycles. The molecule has 0 unspecified atom stereocenters. The number of hydrogen-bond acceptors (Lipinski definition) is 7. The number of rotatable bonds is 8. The average molecular weight is 422 g/mol. The summed E-state index contributed by atoms with van der Waals surface area (Å²) in [5.41, 5.74) is 2.44. The van der Waals surface area contributed by atoms with Crippen LogP contribution in [-0.4, -0.2) is 64.6 Å². The van der Waals surface area contributed by atoms with Gasteiger partial charge in [-0.25, -0.2) is 13.2 Å². The van der Waals surface area contributed by atoms with Gasteiger partial charge in [-0.3, -0.25) is 15.1 Å². The second-order valence-corrected chi connectivity index (χ2v) is 7.28. The van der Waals surface area contributed by atoms with Crippen LogP contribution in [0.15, 0.2) is 29.2 Å². The zero-order valence-corrected chi connectivity index (χ0v) is 16.6. The Morgan fingerprint density at radius 3 is 2.41 bits per heavy atom. The minimum Gasteiger partial charge on any atom is -0.462 e. The summed E-state index contributed by atoms with van der Waals surface area (Å²) in [4.78, 5) is 27.4. The van der Waals surface area contributed by atoms with Crippen molar-refractivity contribution in [2.45, 2.75) is 18.2 Å². The van der Waals surface area contributed by atoms with Crippen molar-refractivity contribution in [1.82, 2.24) is 15.2 Å². The Hall–Kier alpha value is -1.72. The first-order valence-electron chi connectivity index (χ1n) is 8.30. The Kier molecular flexibility index (Phi) is 9.67. The van der Waals surface area contributed by atoms with Crippen molar-refractivity contribution in [2.75, 3.05) is 39.5 Å². The minimum absolute atomic E-state index is 0. The molecule has 1 aliphatic heterocycles. The molecular formula is C16H24ClN3O6S. The highest BCUT2D eigenvalue weighted by molar-refractivity contribution is 7.89. The predicted octanol–water partition coefficient (Wildman–Crippen LogP) is 0.317. The molecule has 9 nitrogen and oxygen atoms in total. The maximum atomic E-state index is 12.2. The van der Waals surface area contributed by atoms with Crippen molar-refractivity contribution in [3.63, 3.8) is 0 Å². The van der Waals surface area contributed by atoms with Crippen LogP contribution in [0.1, 0.15) is 23.7 Å². The molecule has 1 fully saturated rings. The summed E-state index contributed by atoms with van der Waals surface area (Å²) >= 11 is 0. The van der Waals surface area contributed by atoms with Gasteiger partial charge in [-0.15, -0.1) is 17.2 Å². The maximum Gasteiger partial charge on any atom is 0.338 e. The van der Waals surface area contributed by atoms with Gasteiger partial charge in [0.25, 0.3) is 10.0 Å². The van der Waals surface area contributed by atoms with Crippen LogP contribution in [0.4, 0.5) is 0 Å². The van der Waals surface area contributed by atoms with E-state index < -0.39 is 21.9 Å². The van der Waals surface area contributed by atoms with E-state index in [4.69, 9.17) is 9.47 Å². The lowest BCUT2D eigenvalue weighted by molar-refractivity contribution is -0.122. The predicted molar refractivity (Wildman–Crippen MR) is 100.0 cm³/mol. The van der Waals surface area contributed by atoms with Gasteiger partial charge in [0.15, 0.2) is 0 Å². The van der Waals surface area contributed by atoms with Crippen molar-refractivity contribution in [3.05, 3.63) is 29.8 Å². The topological polar surface area (TPSA) is 114 Å². The summed E-state index contributed by atoms with van der Waals surface area (Å²) in [7, 11) is -3.92. The zero-order chi connectivity index (χ0) is 19.0. The molecule has 0 saturated carbocycles. The molecule has 152 valence electrons. The van der Waals surface area contributed by atoms with Gasteiger partial charge in [-0.2, -0.15) is 0 Å². The first-order chi connectivity index (χ1) is 12.4. The van der Waals surface area contributed by atoms with E-state index in [9.17, 15) is 18.0 Å². The van der Waals surface area contributed by atoms with Gasteiger partial charge in [-0.1, -0.05) is 0 Å². The van der Waals surface area contributed by atoms with Crippen molar-refractivity contribution in [3.8, 4) is 0 Å². The molecule has 0 radical (unpaired) electrons. The van der Waals surface area contributed by atoms with Gasteiger partial charge >= 0.3 is 5.97 Å². The Balaban J connectivity index is 0.00000364. The van der Waals surface area contributed by atoms with Gasteiger partial charge in [0, 0.05) is 26.1 Å². The monoisotopic (exact) mass is 421 g/mol. The highest BCUT2D eigenvalue weighted by atomic mass is 35.5. The number of halogens is 1. The van der Waals surface area contributed by atoms with E-state index in [-0.39, 0.29) is 35.9 Å². The van der Waals surface area contributed by atoms with Crippen LogP contribution < -0.4 is 10.3 Å². The molecule has 1 aromatic rings. The molecule has 27 heavy (non-hydrogen) atoms. The lowest BCUT2D eigenvalue weighted by Crippen LogP contribution is -2.44. The Bertz CT molecular complexity index is 720. The van der Waals surface area contributed by atoms with Crippen molar-refractivity contribution >= 4 is 34.3 Å². The Labute approximate surface area is 164 Å². The number of carbonyl (C=O) groups excluding carboxylic acids is 2. The largest absolute Gasteiger partial charge is 0.462 e. The number of hydrogen-bond donors (Lipinski definition) is 2. The Morgan fingerprint density at radius 2 is 1.81 bits per heavy atom. The third-order valence-electron chi connectivity index (χ3n) is 3.76. The van der Waals surface area contributed by atoms with Gasteiger partial charge in [0.05, 0.1) is 30.3 Å². The maximum absolute atomic E-state index is 12.2. The van der Waals surface area contributed by atoms with Crippen LogP contribution in [-0.2, 0) is 24.3 Å². The van der Waals surface area contributed by atoms with E-state index in [0.29, 0.717) is 19.8 Å². The average Bonchev–Trinajstić information content (AvgIpc) is 2.66. The molecule has 1 heterocycles. The first kappa shape index (κ1) is 23.3. The number of ether oxygens (including phenoxy) is 2. The summed E-state index contributed by atoms with van der Waals surface area (Å²) in [6.45, 7) is 5.23. The number of amides is 1. The molecule has 0 bridgehead atoms. The summed E-state index contributed by atoms with van der Waals surface area (Å²) in [6.07, 6.45) is 0.171. The number of nitrogens with zero attached hydrogens (tertiary/aromatic N) is 1. The molecule has 0 aliphatic carbocycles. The number of nitrogens with one attached hydrogen (secondary N) is 2. The van der Waals surface area contributed by atoms with Crippen LogP contribution in [0, 0.1) is 0 Å². The molecule has 1 saturated heterocycles. The molecule has 0 spiro atoms. The standard InChI is InChI=1S/C16H23N3O6S.ClH/c1-2-25-16(21)13-3-5-14(6-4-13)26(22,23)18-17-15(20)7-8-19-9-11-24-12-10-19;/h3-6,18H,2,7-12H2,1H3,(H,17,20);1H. The third kappa shape index (κ3) is 7.43. The van der Waals surface area contributed by atoms with Crippen LogP contribution in [0.3, 0.4) is 0 Å². The molecule has 1 amide bonds. The smallest absolute Gasteiger partial charge is 0.338 e. The molecule has 1 aromatic carbocycles. The normalized spacial score (nSPS) is 14.9. The van der Waals surface area contributed by atoms with E-state index in [1.165, 1.54) is 24.3 Å². The molecule has 11 heteroatoms. The van der Waals surface area contributed by atoms with Crippen LogP contribution in [0.5, 0.6) is 0 Å². The van der Waals surface area contributed by atoms with Crippen molar-refractivity contribution < 1.29 is 27.5 Å². The van der Waals surface area contributed by atoms with E-state index in [1.54, 1.807) is 6.92 Å². The van der Waals surface area contributed by atoms with Crippen molar-refractivity contribution in [2.24, 2.45) is 0 Å². The third-order valence-corrected chi connectivity index (χ3v) is 5.02. The fourth-order valence-corrected chi connectivity index (χ4v) is 3.17. The lowest BCUT2D eigenvalue weighted by Gasteiger charge is -2.26. The fourth-order valence-electron chi connectivity index (χ4n) is 2.31. The molecule has 0 atom stereocenters. The Morgan fingerprint density at radius 1 is 1.19 bits per heavy atom. The molecule has 1 aliphatic rings. The lowest BCUT2D eigenvalue weighted by atomic mass is 10.2. The van der Waals surface area contributed by atoms with E-state index in [1.807, 2.05) is 4.83 Å². The van der Waals surface area contributed by atoms with Crippen LogP contribution in [0.25, 0.3) is 0 Å². The second-order valence-electron chi connectivity index (χ2n) is 5.60. The van der Waals surface area contributed by atoms with Gasteiger partial charge in [-0.05, 0) is 31.2 Å². The fraction of sp³-hybridized carbons (Fsp3) is 0.500. The first-order valence-corrected chi connectivity index (χ1v) is 9.78. The molecular weight excluding hydrogens is 398 g/mol. The van der Waals surface area contributed by atoms with Gasteiger partial charge in [0.2, 0.25) is 5.91 Å². The van der Waals surface area contributed by atoms with E-state index in [2.05, 4.69) is 10.3 Å². The number of morpholine rings is 1. The van der Waals surface area contributed by atoms with Gasteiger partial charge < -0.3 is 9.47 Å². The SMILES string of the molecule is CCOC(=O)c1ccc(S(=O)(=O)NNC(=O)CCN2CCOCC2)cc1.Cl. The highest BCUT2D eigenvalue weighted by Crippen LogP contribution is 2.11. The molecule has 2 rings (SSSR count). The van der Waals surface area contributed by atoms with Crippen LogP contribution >= 0.6 is 12.4 Å². The summed E-state index contributed by atoms with van der Waals surface area (Å²) < 4.78 is 34.4. The van der Waals surface area contributed by atoms with Crippen molar-refractivity contribution in [1.29, 1.82) is 0 Å². The number of hydrazine groups is 1. The van der Waals surface area contributed by atoms with Crippen LogP contribution in [0.2, 0.25) is 0 Å².